The summed E-state index contributed by atoms with van der Waals surface area (Å²) < 4.78 is 6.18. The third kappa shape index (κ3) is 4.03. The van der Waals surface area contributed by atoms with E-state index in [4.69, 9.17) is 21.4 Å². The summed E-state index contributed by atoms with van der Waals surface area (Å²) in [5.41, 5.74) is 4.17. The second kappa shape index (κ2) is 7.85. The summed E-state index contributed by atoms with van der Waals surface area (Å²) in [6, 6.07) is 11.9. The first-order valence-electron chi connectivity index (χ1n) is 8.67. The van der Waals surface area contributed by atoms with Gasteiger partial charge in [0, 0.05) is 5.02 Å². The molecule has 2 aromatic carbocycles. The van der Waals surface area contributed by atoms with Crippen molar-refractivity contribution in [1.82, 2.24) is 0 Å². The van der Waals surface area contributed by atoms with Crippen LogP contribution in [0.5, 0.6) is 5.75 Å². The number of hydrogen-bond acceptors (Lipinski definition) is 2. The zero-order chi connectivity index (χ0) is 18.7. The molecule has 2 aromatic rings. The maximum absolute atomic E-state index is 11.1. The van der Waals surface area contributed by atoms with Crippen molar-refractivity contribution >= 4 is 17.6 Å². The SMILES string of the molecule is CC#CC(CC(=O)O)c1ccc2c(c1)CCC(c1ccc(C)c(Cl)c1)O2. The summed E-state index contributed by atoms with van der Waals surface area (Å²) in [5.74, 6) is 5.54. The number of hydrogen-bond donors (Lipinski definition) is 1. The molecule has 0 fully saturated rings. The van der Waals surface area contributed by atoms with Gasteiger partial charge in [0.05, 0.1) is 12.3 Å². The Hall–Kier alpha value is -2.44. The van der Waals surface area contributed by atoms with Gasteiger partial charge in [0.2, 0.25) is 0 Å². The molecule has 2 unspecified atom stereocenters. The van der Waals surface area contributed by atoms with E-state index in [1.807, 2.05) is 37.3 Å². The van der Waals surface area contributed by atoms with Crippen LogP contribution in [0.2, 0.25) is 5.02 Å². The fraction of sp³-hybridized carbons (Fsp3) is 0.318. The third-order valence-corrected chi connectivity index (χ3v) is 5.10. The van der Waals surface area contributed by atoms with E-state index in [1.165, 1.54) is 0 Å². The smallest absolute Gasteiger partial charge is 0.304 e. The molecule has 1 heterocycles. The van der Waals surface area contributed by atoms with Crippen molar-refractivity contribution in [3.63, 3.8) is 0 Å². The Balaban J connectivity index is 1.83. The molecule has 0 saturated carbocycles. The molecule has 0 spiro atoms. The molecule has 1 N–H and O–H groups in total. The van der Waals surface area contributed by atoms with Crippen LogP contribution in [0.25, 0.3) is 0 Å². The summed E-state index contributed by atoms with van der Waals surface area (Å²) >= 11 is 6.24. The molecule has 134 valence electrons. The van der Waals surface area contributed by atoms with E-state index in [2.05, 4.69) is 17.9 Å². The maximum atomic E-state index is 11.1. The fourth-order valence-electron chi connectivity index (χ4n) is 3.27. The molecule has 0 saturated heterocycles. The summed E-state index contributed by atoms with van der Waals surface area (Å²) in [6.07, 6.45) is 1.72. The third-order valence-electron chi connectivity index (χ3n) is 4.70. The standard InChI is InChI=1S/C22H21ClO3/c1-3-4-15(13-22(24)25)16-7-9-20-17(11-16)8-10-21(26-20)18-6-5-14(2)19(23)12-18/h5-7,9,11-12,15,21H,8,10,13H2,1-2H3,(H,24,25). The van der Waals surface area contributed by atoms with Crippen molar-refractivity contribution in [2.75, 3.05) is 0 Å². The van der Waals surface area contributed by atoms with Crippen molar-refractivity contribution in [1.29, 1.82) is 0 Å². The van der Waals surface area contributed by atoms with E-state index >= 15 is 0 Å². The summed E-state index contributed by atoms with van der Waals surface area (Å²) in [5, 5.41) is 9.86. The number of aryl methyl sites for hydroxylation is 2. The number of carbonyl (C=O) groups is 1. The average molecular weight is 369 g/mol. The van der Waals surface area contributed by atoms with Crippen LogP contribution in [0, 0.1) is 18.8 Å². The van der Waals surface area contributed by atoms with Crippen molar-refractivity contribution in [2.24, 2.45) is 0 Å². The molecular formula is C22H21ClO3. The molecule has 3 rings (SSSR count). The number of aliphatic carboxylic acids is 1. The molecule has 4 heteroatoms. The Kier molecular flexibility index (Phi) is 5.54. The quantitative estimate of drug-likeness (QED) is 0.745. The lowest BCUT2D eigenvalue weighted by molar-refractivity contribution is -0.137. The molecule has 26 heavy (non-hydrogen) atoms. The molecule has 3 nitrogen and oxygen atoms in total. The van der Waals surface area contributed by atoms with Gasteiger partial charge in [-0.15, -0.1) is 5.92 Å². The number of benzene rings is 2. The largest absolute Gasteiger partial charge is 0.485 e. The lowest BCUT2D eigenvalue weighted by atomic mass is 9.91. The molecule has 0 aliphatic carbocycles. The molecule has 1 aliphatic heterocycles. The first-order chi connectivity index (χ1) is 12.5. The second-order valence-corrected chi connectivity index (χ2v) is 6.97. The predicted molar refractivity (Wildman–Crippen MR) is 103 cm³/mol. The number of rotatable bonds is 4. The topological polar surface area (TPSA) is 46.5 Å². The zero-order valence-electron chi connectivity index (χ0n) is 14.9. The Bertz CT molecular complexity index is 892. The number of fused-ring (bicyclic) bond motifs is 1. The molecular weight excluding hydrogens is 348 g/mol. The van der Waals surface area contributed by atoms with Crippen molar-refractivity contribution in [3.8, 4) is 17.6 Å². The van der Waals surface area contributed by atoms with Gasteiger partial charge in [-0.3, -0.25) is 4.79 Å². The van der Waals surface area contributed by atoms with E-state index < -0.39 is 5.97 Å². The Labute approximate surface area is 159 Å². The number of carboxylic acid groups (broad SMARTS) is 1. The van der Waals surface area contributed by atoms with Gasteiger partial charge in [0.25, 0.3) is 0 Å². The number of halogens is 1. The first kappa shape index (κ1) is 18.4. The van der Waals surface area contributed by atoms with Gasteiger partial charge in [-0.1, -0.05) is 41.8 Å². The summed E-state index contributed by atoms with van der Waals surface area (Å²) in [6.45, 7) is 3.71. The van der Waals surface area contributed by atoms with E-state index in [-0.39, 0.29) is 18.4 Å². The van der Waals surface area contributed by atoms with E-state index in [0.717, 1.165) is 45.9 Å². The number of carboxylic acids is 1. The minimum atomic E-state index is -0.844. The normalized spacial score (nSPS) is 16.7. The summed E-state index contributed by atoms with van der Waals surface area (Å²) in [7, 11) is 0. The van der Waals surface area contributed by atoms with Crippen LogP contribution >= 0.6 is 11.6 Å². The van der Waals surface area contributed by atoms with Crippen LogP contribution in [0.1, 0.15) is 54.0 Å². The average Bonchev–Trinajstić information content (AvgIpc) is 2.62. The fourth-order valence-corrected chi connectivity index (χ4v) is 3.46. The van der Waals surface area contributed by atoms with Crippen LogP contribution in [-0.4, -0.2) is 11.1 Å². The van der Waals surface area contributed by atoms with Gasteiger partial charge in [-0.05, 0) is 61.1 Å². The highest BCUT2D eigenvalue weighted by Crippen LogP contribution is 2.37. The molecule has 0 radical (unpaired) electrons. The minimum Gasteiger partial charge on any atom is -0.485 e. The van der Waals surface area contributed by atoms with Crippen LogP contribution in [0.3, 0.4) is 0 Å². The van der Waals surface area contributed by atoms with Gasteiger partial charge >= 0.3 is 5.97 Å². The molecule has 0 amide bonds. The molecule has 2 atom stereocenters. The maximum Gasteiger partial charge on any atom is 0.304 e. The van der Waals surface area contributed by atoms with Crippen LogP contribution in [0.15, 0.2) is 36.4 Å². The van der Waals surface area contributed by atoms with E-state index in [9.17, 15) is 4.79 Å². The van der Waals surface area contributed by atoms with Crippen molar-refractivity contribution < 1.29 is 14.6 Å². The van der Waals surface area contributed by atoms with E-state index in [0.29, 0.717) is 0 Å². The Morgan fingerprint density at radius 3 is 2.85 bits per heavy atom. The van der Waals surface area contributed by atoms with Gasteiger partial charge in [-0.2, -0.15) is 0 Å². The highest BCUT2D eigenvalue weighted by atomic mass is 35.5. The molecule has 0 bridgehead atoms. The second-order valence-electron chi connectivity index (χ2n) is 6.57. The first-order valence-corrected chi connectivity index (χ1v) is 9.05. The molecule has 1 aliphatic rings. The summed E-state index contributed by atoms with van der Waals surface area (Å²) in [4.78, 5) is 11.1. The van der Waals surface area contributed by atoms with Crippen LogP contribution in [-0.2, 0) is 11.2 Å². The zero-order valence-corrected chi connectivity index (χ0v) is 15.6. The monoisotopic (exact) mass is 368 g/mol. The highest BCUT2D eigenvalue weighted by Gasteiger charge is 2.23. The lowest BCUT2D eigenvalue weighted by Gasteiger charge is -2.27. The highest BCUT2D eigenvalue weighted by molar-refractivity contribution is 6.31. The lowest BCUT2D eigenvalue weighted by Crippen LogP contribution is -2.16. The van der Waals surface area contributed by atoms with Crippen molar-refractivity contribution in [2.45, 2.75) is 45.1 Å². The van der Waals surface area contributed by atoms with Crippen molar-refractivity contribution in [3.05, 3.63) is 63.7 Å². The number of ether oxygens (including phenoxy) is 1. The van der Waals surface area contributed by atoms with E-state index in [1.54, 1.807) is 6.92 Å². The van der Waals surface area contributed by atoms with Gasteiger partial charge < -0.3 is 9.84 Å². The van der Waals surface area contributed by atoms with Crippen LogP contribution in [0.4, 0.5) is 0 Å². The van der Waals surface area contributed by atoms with Crippen LogP contribution < -0.4 is 4.74 Å². The van der Waals surface area contributed by atoms with Gasteiger partial charge in [0.15, 0.2) is 0 Å². The molecule has 0 aromatic heterocycles. The predicted octanol–water partition coefficient (Wildman–Crippen LogP) is 5.30. The Morgan fingerprint density at radius 2 is 2.15 bits per heavy atom. The minimum absolute atomic E-state index is 0.00493. The van der Waals surface area contributed by atoms with Gasteiger partial charge in [0.1, 0.15) is 11.9 Å². The Morgan fingerprint density at radius 1 is 1.35 bits per heavy atom. The van der Waals surface area contributed by atoms with Gasteiger partial charge in [-0.25, -0.2) is 0 Å².